The van der Waals surface area contributed by atoms with E-state index in [4.69, 9.17) is 17.3 Å². The molecule has 1 unspecified atom stereocenters. The van der Waals surface area contributed by atoms with Crippen LogP contribution in [0.15, 0.2) is 47.4 Å². The number of hydrogen-bond acceptors (Lipinski definition) is 2. The van der Waals surface area contributed by atoms with Gasteiger partial charge in [0.25, 0.3) is 0 Å². The Morgan fingerprint density at radius 3 is 2.67 bits per heavy atom. The first-order valence-electron chi connectivity index (χ1n) is 5.55. The van der Waals surface area contributed by atoms with E-state index in [1.54, 1.807) is 12.1 Å². The Labute approximate surface area is 114 Å². The van der Waals surface area contributed by atoms with Crippen LogP contribution in [-0.4, -0.2) is 4.21 Å². The molecule has 1 atom stereocenters. The van der Waals surface area contributed by atoms with E-state index < -0.39 is 10.8 Å². The molecular weight excluding hydrogens is 266 g/mol. The number of aryl methyl sites for hydroxylation is 1. The zero-order valence-corrected chi connectivity index (χ0v) is 11.6. The van der Waals surface area contributed by atoms with Gasteiger partial charge in [-0.3, -0.25) is 4.21 Å². The lowest BCUT2D eigenvalue weighted by Crippen LogP contribution is -1.98. The van der Waals surface area contributed by atoms with Crippen molar-refractivity contribution in [2.24, 2.45) is 0 Å². The van der Waals surface area contributed by atoms with Crippen LogP contribution in [0.1, 0.15) is 11.1 Å². The van der Waals surface area contributed by atoms with Crippen molar-refractivity contribution in [2.45, 2.75) is 17.6 Å². The summed E-state index contributed by atoms with van der Waals surface area (Å²) in [5, 5.41) is 0.665. The molecule has 0 saturated heterocycles. The molecule has 0 aromatic heterocycles. The summed E-state index contributed by atoms with van der Waals surface area (Å²) in [5.74, 6) is 0.462. The van der Waals surface area contributed by atoms with E-state index in [1.807, 2.05) is 37.3 Å². The largest absolute Gasteiger partial charge is 0.399 e. The maximum absolute atomic E-state index is 12.2. The standard InChI is InChI=1S/C14H14ClNOS/c1-10-7-13(5-6-14(10)16)18(17)9-11-3-2-4-12(15)8-11/h2-8H,9,16H2,1H3. The fraction of sp³-hybridized carbons (Fsp3) is 0.143. The molecule has 0 fully saturated rings. The highest BCUT2D eigenvalue weighted by Gasteiger charge is 2.07. The van der Waals surface area contributed by atoms with Crippen molar-refractivity contribution in [3.05, 3.63) is 58.6 Å². The molecule has 18 heavy (non-hydrogen) atoms. The van der Waals surface area contributed by atoms with Crippen molar-refractivity contribution in [1.82, 2.24) is 0 Å². The number of rotatable bonds is 3. The molecule has 0 radical (unpaired) electrons. The molecule has 2 aromatic rings. The lowest BCUT2D eigenvalue weighted by molar-refractivity contribution is 0.682. The first-order chi connectivity index (χ1) is 8.56. The Kier molecular flexibility index (Phi) is 4.04. The number of hydrogen-bond donors (Lipinski definition) is 1. The molecule has 0 spiro atoms. The van der Waals surface area contributed by atoms with Gasteiger partial charge >= 0.3 is 0 Å². The molecule has 2 rings (SSSR count). The van der Waals surface area contributed by atoms with Gasteiger partial charge in [0, 0.05) is 15.6 Å². The number of anilines is 1. The summed E-state index contributed by atoms with van der Waals surface area (Å²) in [6.07, 6.45) is 0. The van der Waals surface area contributed by atoms with Gasteiger partial charge in [-0.1, -0.05) is 23.7 Å². The van der Waals surface area contributed by atoms with Gasteiger partial charge in [0.2, 0.25) is 0 Å². The van der Waals surface area contributed by atoms with Crippen LogP contribution in [0.3, 0.4) is 0 Å². The SMILES string of the molecule is Cc1cc(S(=O)Cc2cccc(Cl)c2)ccc1N. The van der Waals surface area contributed by atoms with Gasteiger partial charge < -0.3 is 5.73 Å². The van der Waals surface area contributed by atoms with Gasteiger partial charge in [0.1, 0.15) is 0 Å². The Bertz CT molecular complexity index is 598. The molecule has 0 aliphatic rings. The van der Waals surface area contributed by atoms with Gasteiger partial charge in [-0.2, -0.15) is 0 Å². The average molecular weight is 280 g/mol. The Morgan fingerprint density at radius 1 is 1.22 bits per heavy atom. The maximum Gasteiger partial charge on any atom is 0.0574 e. The van der Waals surface area contributed by atoms with Gasteiger partial charge in [0.05, 0.1) is 16.6 Å². The van der Waals surface area contributed by atoms with Crippen molar-refractivity contribution in [3.8, 4) is 0 Å². The molecule has 2 aromatic carbocycles. The van der Waals surface area contributed by atoms with Gasteiger partial charge in [-0.15, -0.1) is 0 Å². The first-order valence-corrected chi connectivity index (χ1v) is 7.25. The van der Waals surface area contributed by atoms with E-state index in [9.17, 15) is 4.21 Å². The molecule has 0 heterocycles. The van der Waals surface area contributed by atoms with Crippen LogP contribution >= 0.6 is 11.6 Å². The third-order valence-corrected chi connectivity index (χ3v) is 4.30. The zero-order chi connectivity index (χ0) is 13.1. The predicted octanol–water partition coefficient (Wildman–Crippen LogP) is 3.54. The Morgan fingerprint density at radius 2 is 2.00 bits per heavy atom. The Balaban J connectivity index is 2.19. The van der Waals surface area contributed by atoms with Crippen LogP contribution in [0, 0.1) is 6.92 Å². The van der Waals surface area contributed by atoms with Crippen LogP contribution in [-0.2, 0) is 16.6 Å². The van der Waals surface area contributed by atoms with Crippen molar-refractivity contribution in [2.75, 3.05) is 5.73 Å². The normalized spacial score (nSPS) is 12.3. The highest BCUT2D eigenvalue weighted by molar-refractivity contribution is 7.84. The zero-order valence-electron chi connectivity index (χ0n) is 10.0. The molecule has 0 aliphatic carbocycles. The molecule has 94 valence electrons. The molecular formula is C14H14ClNOS. The molecule has 4 heteroatoms. The van der Waals surface area contributed by atoms with Crippen LogP contribution in [0.25, 0.3) is 0 Å². The van der Waals surface area contributed by atoms with Crippen molar-refractivity contribution < 1.29 is 4.21 Å². The predicted molar refractivity (Wildman–Crippen MR) is 77.2 cm³/mol. The lowest BCUT2D eigenvalue weighted by Gasteiger charge is -2.06. The van der Waals surface area contributed by atoms with Crippen molar-refractivity contribution in [1.29, 1.82) is 0 Å². The minimum absolute atomic E-state index is 0.462. The van der Waals surface area contributed by atoms with E-state index in [2.05, 4.69) is 0 Å². The molecule has 0 aliphatic heterocycles. The summed E-state index contributed by atoms with van der Waals surface area (Å²) in [5.41, 5.74) is 8.38. The summed E-state index contributed by atoms with van der Waals surface area (Å²) in [6.45, 7) is 1.91. The second kappa shape index (κ2) is 5.55. The number of halogens is 1. The third kappa shape index (κ3) is 3.12. The molecule has 2 nitrogen and oxygen atoms in total. The quantitative estimate of drug-likeness (QED) is 0.874. The number of nitrogen functional groups attached to an aromatic ring is 1. The highest BCUT2D eigenvalue weighted by Crippen LogP contribution is 2.19. The van der Waals surface area contributed by atoms with Gasteiger partial charge in [-0.25, -0.2) is 0 Å². The lowest BCUT2D eigenvalue weighted by atomic mass is 10.2. The van der Waals surface area contributed by atoms with Gasteiger partial charge in [0.15, 0.2) is 0 Å². The molecule has 0 amide bonds. The van der Waals surface area contributed by atoms with E-state index in [0.717, 1.165) is 21.7 Å². The molecule has 0 saturated carbocycles. The minimum atomic E-state index is -1.08. The second-order valence-electron chi connectivity index (χ2n) is 4.14. The summed E-state index contributed by atoms with van der Waals surface area (Å²) in [6, 6.07) is 12.9. The fourth-order valence-electron chi connectivity index (χ4n) is 1.65. The van der Waals surface area contributed by atoms with Crippen LogP contribution < -0.4 is 5.73 Å². The first kappa shape index (κ1) is 13.1. The van der Waals surface area contributed by atoms with Crippen LogP contribution in [0.2, 0.25) is 5.02 Å². The summed E-state index contributed by atoms with van der Waals surface area (Å²) in [7, 11) is -1.08. The van der Waals surface area contributed by atoms with Crippen LogP contribution in [0.4, 0.5) is 5.69 Å². The highest BCUT2D eigenvalue weighted by atomic mass is 35.5. The minimum Gasteiger partial charge on any atom is -0.399 e. The van der Waals surface area contributed by atoms with Crippen molar-refractivity contribution in [3.63, 3.8) is 0 Å². The monoisotopic (exact) mass is 279 g/mol. The van der Waals surface area contributed by atoms with E-state index in [0.29, 0.717) is 10.8 Å². The smallest absolute Gasteiger partial charge is 0.0574 e. The van der Waals surface area contributed by atoms with E-state index in [-0.39, 0.29) is 0 Å². The summed E-state index contributed by atoms with van der Waals surface area (Å²) < 4.78 is 12.2. The summed E-state index contributed by atoms with van der Waals surface area (Å²) in [4.78, 5) is 0.793. The maximum atomic E-state index is 12.2. The average Bonchev–Trinajstić information content (AvgIpc) is 2.32. The number of benzene rings is 2. The topological polar surface area (TPSA) is 43.1 Å². The Hall–Kier alpha value is -1.32. The fourth-order valence-corrected chi connectivity index (χ4v) is 3.04. The summed E-state index contributed by atoms with van der Waals surface area (Å²) >= 11 is 5.90. The van der Waals surface area contributed by atoms with Crippen LogP contribution in [0.5, 0.6) is 0 Å². The molecule has 0 bridgehead atoms. The van der Waals surface area contributed by atoms with E-state index in [1.165, 1.54) is 0 Å². The second-order valence-corrected chi connectivity index (χ2v) is 6.03. The van der Waals surface area contributed by atoms with Gasteiger partial charge in [-0.05, 0) is 48.4 Å². The van der Waals surface area contributed by atoms with Crippen molar-refractivity contribution >= 4 is 28.1 Å². The third-order valence-electron chi connectivity index (χ3n) is 2.69. The van der Waals surface area contributed by atoms with E-state index >= 15 is 0 Å². The number of nitrogens with two attached hydrogens (primary N) is 1. The molecule has 2 N–H and O–H groups in total.